The molecule has 2 aromatic rings. The molecule has 0 aliphatic rings. The average Bonchev–Trinajstić information content (AvgIpc) is 2.48. The van der Waals surface area contributed by atoms with E-state index < -0.39 is 0 Å². The summed E-state index contributed by atoms with van der Waals surface area (Å²) in [4.78, 5) is 16.4. The van der Waals surface area contributed by atoms with Gasteiger partial charge >= 0.3 is 6.01 Å². The molecule has 0 bridgehead atoms. The molecule has 20 heavy (non-hydrogen) atoms. The fourth-order valence-electron chi connectivity index (χ4n) is 1.54. The van der Waals surface area contributed by atoms with Crippen molar-refractivity contribution in [2.24, 2.45) is 5.84 Å². The summed E-state index contributed by atoms with van der Waals surface area (Å²) in [6, 6.07) is 6.04. The Labute approximate surface area is 116 Å². The minimum Gasteiger partial charge on any atom is -0.464 e. The first-order valence-electron chi connectivity index (χ1n) is 6.31. The lowest BCUT2D eigenvalue weighted by Crippen LogP contribution is -2.15. The van der Waals surface area contributed by atoms with Gasteiger partial charge in [-0.1, -0.05) is 6.07 Å². The van der Waals surface area contributed by atoms with Crippen LogP contribution in [0.4, 0.5) is 11.9 Å². The summed E-state index contributed by atoms with van der Waals surface area (Å²) in [5, 5.41) is 3.09. The van der Waals surface area contributed by atoms with Gasteiger partial charge in [-0.05, 0) is 19.1 Å². The number of nitrogen functional groups attached to an aromatic ring is 1. The predicted molar refractivity (Wildman–Crippen MR) is 75.2 cm³/mol. The topological polar surface area (TPSA) is 111 Å². The fourth-order valence-corrected chi connectivity index (χ4v) is 1.54. The van der Waals surface area contributed by atoms with Crippen LogP contribution in [0.15, 0.2) is 24.4 Å². The molecule has 2 aromatic heterocycles. The third-order valence-corrected chi connectivity index (χ3v) is 2.41. The van der Waals surface area contributed by atoms with Gasteiger partial charge in [0.25, 0.3) is 0 Å². The van der Waals surface area contributed by atoms with Crippen LogP contribution in [0.1, 0.15) is 12.6 Å². The molecule has 0 radical (unpaired) electrons. The minimum absolute atomic E-state index is 0.232. The molecule has 106 valence electrons. The quantitative estimate of drug-likeness (QED) is 0.498. The summed E-state index contributed by atoms with van der Waals surface area (Å²) in [7, 11) is 0. The van der Waals surface area contributed by atoms with E-state index in [4.69, 9.17) is 10.6 Å². The van der Waals surface area contributed by atoms with Crippen LogP contribution in [-0.2, 0) is 6.42 Å². The number of aromatic nitrogens is 4. The third kappa shape index (κ3) is 4.02. The smallest absolute Gasteiger partial charge is 0.323 e. The van der Waals surface area contributed by atoms with Gasteiger partial charge in [0.15, 0.2) is 0 Å². The van der Waals surface area contributed by atoms with Gasteiger partial charge in [0.05, 0.1) is 6.61 Å². The molecular weight excluding hydrogens is 258 g/mol. The van der Waals surface area contributed by atoms with Crippen molar-refractivity contribution >= 4 is 11.9 Å². The Kier molecular flexibility index (Phi) is 5.01. The maximum atomic E-state index is 5.31. The van der Waals surface area contributed by atoms with Crippen molar-refractivity contribution in [2.45, 2.75) is 13.3 Å². The van der Waals surface area contributed by atoms with E-state index in [0.29, 0.717) is 19.1 Å². The van der Waals surface area contributed by atoms with Crippen LogP contribution >= 0.6 is 0 Å². The van der Waals surface area contributed by atoms with Gasteiger partial charge in [0, 0.05) is 24.9 Å². The van der Waals surface area contributed by atoms with Crippen LogP contribution in [0.5, 0.6) is 6.01 Å². The second-order valence-electron chi connectivity index (χ2n) is 3.84. The number of hydrazine groups is 1. The molecular formula is C12H17N7O. The van der Waals surface area contributed by atoms with E-state index in [2.05, 4.69) is 30.7 Å². The number of pyridine rings is 1. The molecule has 0 unspecified atom stereocenters. The Morgan fingerprint density at radius 1 is 1.20 bits per heavy atom. The Bertz CT molecular complexity index is 535. The molecule has 0 aliphatic carbocycles. The van der Waals surface area contributed by atoms with E-state index in [1.165, 1.54) is 0 Å². The standard InChI is InChI=1S/C12H17N7O/c1-2-20-12-17-10(16-11(18-12)19-13)15-8-6-9-5-3-4-7-14-9/h3-5,7H,2,6,8,13H2,1H3,(H2,15,16,17,18,19). The molecule has 0 fully saturated rings. The number of nitrogens with one attached hydrogen (secondary N) is 2. The SMILES string of the molecule is CCOc1nc(NN)nc(NCCc2ccccn2)n1. The van der Waals surface area contributed by atoms with Crippen LogP contribution < -0.4 is 21.3 Å². The van der Waals surface area contributed by atoms with Gasteiger partial charge in [0.1, 0.15) is 0 Å². The van der Waals surface area contributed by atoms with E-state index in [-0.39, 0.29) is 12.0 Å². The predicted octanol–water partition coefficient (Wildman–Crippen LogP) is 0.605. The van der Waals surface area contributed by atoms with Crippen LogP contribution in [0.2, 0.25) is 0 Å². The molecule has 0 spiro atoms. The third-order valence-electron chi connectivity index (χ3n) is 2.41. The van der Waals surface area contributed by atoms with Crippen LogP contribution in [0.3, 0.4) is 0 Å². The number of ether oxygens (including phenoxy) is 1. The first-order valence-corrected chi connectivity index (χ1v) is 6.31. The molecule has 0 aromatic carbocycles. The van der Waals surface area contributed by atoms with Crippen molar-refractivity contribution in [2.75, 3.05) is 23.9 Å². The summed E-state index contributed by atoms with van der Waals surface area (Å²) in [6.45, 7) is 2.98. The normalized spacial score (nSPS) is 10.1. The van der Waals surface area contributed by atoms with Crippen molar-refractivity contribution in [3.8, 4) is 6.01 Å². The van der Waals surface area contributed by atoms with Gasteiger partial charge < -0.3 is 10.1 Å². The Balaban J connectivity index is 1.96. The molecule has 4 N–H and O–H groups in total. The Hall–Kier alpha value is -2.48. The zero-order valence-electron chi connectivity index (χ0n) is 11.2. The molecule has 8 heteroatoms. The highest BCUT2D eigenvalue weighted by Crippen LogP contribution is 2.10. The fraction of sp³-hybridized carbons (Fsp3) is 0.333. The van der Waals surface area contributed by atoms with Crippen LogP contribution in [0.25, 0.3) is 0 Å². The number of hydrogen-bond donors (Lipinski definition) is 3. The summed E-state index contributed by atoms with van der Waals surface area (Å²) < 4.78 is 5.24. The highest BCUT2D eigenvalue weighted by molar-refractivity contribution is 5.35. The van der Waals surface area contributed by atoms with Gasteiger partial charge in [-0.2, -0.15) is 15.0 Å². The Morgan fingerprint density at radius 3 is 2.75 bits per heavy atom. The number of nitrogens with zero attached hydrogens (tertiary/aromatic N) is 4. The minimum atomic E-state index is 0.232. The molecule has 2 rings (SSSR count). The van der Waals surface area contributed by atoms with E-state index in [0.717, 1.165) is 12.1 Å². The highest BCUT2D eigenvalue weighted by atomic mass is 16.5. The van der Waals surface area contributed by atoms with Crippen LogP contribution in [0, 0.1) is 0 Å². The van der Waals surface area contributed by atoms with E-state index in [1.807, 2.05) is 25.1 Å². The largest absolute Gasteiger partial charge is 0.464 e. The summed E-state index contributed by atoms with van der Waals surface area (Å²) >= 11 is 0. The molecule has 8 nitrogen and oxygen atoms in total. The molecule has 0 saturated carbocycles. The maximum absolute atomic E-state index is 5.31. The number of rotatable bonds is 7. The van der Waals surface area contributed by atoms with Crippen molar-refractivity contribution in [3.05, 3.63) is 30.1 Å². The summed E-state index contributed by atoms with van der Waals surface area (Å²) in [5.41, 5.74) is 3.38. The van der Waals surface area contributed by atoms with Gasteiger partial charge in [0.2, 0.25) is 11.9 Å². The zero-order valence-corrected chi connectivity index (χ0v) is 11.2. The summed E-state index contributed by atoms with van der Waals surface area (Å²) in [5.74, 6) is 5.97. The van der Waals surface area contributed by atoms with Crippen LogP contribution in [-0.4, -0.2) is 33.1 Å². The highest BCUT2D eigenvalue weighted by Gasteiger charge is 2.06. The molecule has 0 aliphatic heterocycles. The Morgan fingerprint density at radius 2 is 2.05 bits per heavy atom. The second kappa shape index (κ2) is 7.19. The lowest BCUT2D eigenvalue weighted by Gasteiger charge is -2.08. The zero-order chi connectivity index (χ0) is 14.2. The van der Waals surface area contributed by atoms with Crippen molar-refractivity contribution in [1.29, 1.82) is 0 Å². The van der Waals surface area contributed by atoms with Gasteiger partial charge in [-0.3, -0.25) is 10.4 Å². The monoisotopic (exact) mass is 275 g/mol. The second-order valence-corrected chi connectivity index (χ2v) is 3.84. The van der Waals surface area contributed by atoms with Crippen molar-refractivity contribution in [1.82, 2.24) is 19.9 Å². The number of nitrogens with two attached hydrogens (primary N) is 1. The van der Waals surface area contributed by atoms with Gasteiger partial charge in [-0.15, -0.1) is 0 Å². The molecule has 0 saturated heterocycles. The first-order chi connectivity index (χ1) is 9.81. The number of hydrogen-bond acceptors (Lipinski definition) is 8. The lowest BCUT2D eigenvalue weighted by molar-refractivity contribution is 0.312. The number of anilines is 2. The average molecular weight is 275 g/mol. The summed E-state index contributed by atoms with van der Waals surface area (Å²) in [6.07, 6.45) is 2.53. The van der Waals surface area contributed by atoms with Crippen molar-refractivity contribution < 1.29 is 4.74 Å². The van der Waals surface area contributed by atoms with Gasteiger partial charge in [-0.25, -0.2) is 5.84 Å². The molecule has 2 heterocycles. The maximum Gasteiger partial charge on any atom is 0.323 e. The van der Waals surface area contributed by atoms with E-state index in [1.54, 1.807) is 6.20 Å². The molecule has 0 amide bonds. The lowest BCUT2D eigenvalue weighted by atomic mass is 10.3. The molecule has 0 atom stereocenters. The van der Waals surface area contributed by atoms with E-state index >= 15 is 0 Å². The van der Waals surface area contributed by atoms with Crippen molar-refractivity contribution in [3.63, 3.8) is 0 Å². The van der Waals surface area contributed by atoms with E-state index in [9.17, 15) is 0 Å². The first kappa shape index (κ1) is 13.9.